The van der Waals surface area contributed by atoms with Gasteiger partial charge in [-0.15, -0.1) is 13.2 Å². The third-order valence-electron chi connectivity index (χ3n) is 4.53. The minimum Gasteiger partial charge on any atom is -0.493 e. The van der Waals surface area contributed by atoms with E-state index in [4.69, 9.17) is 38.0 Å². The van der Waals surface area contributed by atoms with Crippen LogP contribution in [0.1, 0.15) is 30.6 Å². The number of alkyl halides is 3. The number of anilines is 1. The van der Waals surface area contributed by atoms with Gasteiger partial charge in [0.15, 0.2) is 11.5 Å². The quantitative estimate of drug-likeness (QED) is 0.429. The Balaban J connectivity index is 2.15. The topological polar surface area (TPSA) is 66.0 Å². The van der Waals surface area contributed by atoms with E-state index in [-0.39, 0.29) is 29.3 Å². The van der Waals surface area contributed by atoms with Crippen LogP contribution in [0.4, 0.5) is 18.9 Å². The first-order valence-electron chi connectivity index (χ1n) is 9.47. The van der Waals surface area contributed by atoms with Crippen LogP contribution in [0.3, 0.4) is 0 Å². The number of esters is 1. The van der Waals surface area contributed by atoms with E-state index in [9.17, 15) is 18.0 Å². The zero-order valence-electron chi connectivity index (χ0n) is 17.0. The standard InChI is InChI=1S/C21H19ClF3NO5S/c1-3-29-17(27)10-16-20(32)26-14-8-7-11(22)9-13(14)18(30-16)12-5-4-6-15(28-2)19(12)31-21(23,24)25/h4-9,16,18H,3,10H2,1-2H3,(H,26,32). The maximum absolute atomic E-state index is 13.2. The molecule has 6 nitrogen and oxygen atoms in total. The molecule has 0 fully saturated rings. The highest BCUT2D eigenvalue weighted by atomic mass is 35.5. The van der Waals surface area contributed by atoms with E-state index in [1.807, 2.05) is 0 Å². The second-order valence-corrected chi connectivity index (χ2v) is 7.54. The van der Waals surface area contributed by atoms with E-state index >= 15 is 0 Å². The molecule has 11 heteroatoms. The molecule has 0 saturated heterocycles. The lowest BCUT2D eigenvalue weighted by Crippen LogP contribution is -2.31. The van der Waals surface area contributed by atoms with Crippen LogP contribution in [-0.2, 0) is 14.3 Å². The number of carbonyl (C=O) groups is 1. The summed E-state index contributed by atoms with van der Waals surface area (Å²) in [5, 5.41) is 3.32. The Morgan fingerprint density at radius 1 is 1.25 bits per heavy atom. The average Bonchev–Trinajstić information content (AvgIpc) is 2.84. The number of rotatable bonds is 6. The number of hydrogen-bond acceptors (Lipinski definition) is 6. The van der Waals surface area contributed by atoms with Gasteiger partial charge in [0.1, 0.15) is 17.2 Å². The van der Waals surface area contributed by atoms with Crippen molar-refractivity contribution in [3.8, 4) is 11.5 Å². The SMILES string of the molecule is CCOC(=O)CC1OC(c2cccc(OC)c2OC(F)(F)F)c2cc(Cl)ccc2NC1=S. The molecule has 2 atom stereocenters. The molecule has 0 aromatic heterocycles. The molecule has 1 aliphatic rings. The van der Waals surface area contributed by atoms with Crippen LogP contribution >= 0.6 is 23.8 Å². The Hall–Kier alpha value is -2.56. The van der Waals surface area contributed by atoms with Crippen LogP contribution in [0, 0.1) is 0 Å². The van der Waals surface area contributed by atoms with Crippen LogP contribution in [0.25, 0.3) is 0 Å². The fourth-order valence-electron chi connectivity index (χ4n) is 3.25. The van der Waals surface area contributed by atoms with Gasteiger partial charge < -0.3 is 24.3 Å². The van der Waals surface area contributed by atoms with E-state index in [0.717, 1.165) is 0 Å². The minimum atomic E-state index is -4.98. The molecule has 172 valence electrons. The van der Waals surface area contributed by atoms with Crippen molar-refractivity contribution in [3.63, 3.8) is 0 Å². The van der Waals surface area contributed by atoms with Gasteiger partial charge in [0.2, 0.25) is 0 Å². The summed E-state index contributed by atoms with van der Waals surface area (Å²) < 4.78 is 60.1. The summed E-state index contributed by atoms with van der Waals surface area (Å²) in [5.74, 6) is -1.28. The Bertz CT molecular complexity index is 1020. The molecule has 1 N–H and O–H groups in total. The van der Waals surface area contributed by atoms with E-state index in [2.05, 4.69) is 10.1 Å². The Kier molecular flexibility index (Phi) is 7.47. The van der Waals surface area contributed by atoms with Crippen molar-refractivity contribution in [1.29, 1.82) is 0 Å². The van der Waals surface area contributed by atoms with Gasteiger partial charge in [-0.25, -0.2) is 0 Å². The summed E-state index contributed by atoms with van der Waals surface area (Å²) in [7, 11) is 1.22. The van der Waals surface area contributed by atoms with Gasteiger partial charge in [0.05, 0.1) is 20.1 Å². The van der Waals surface area contributed by atoms with Gasteiger partial charge in [-0.05, 0) is 31.2 Å². The van der Waals surface area contributed by atoms with Crippen molar-refractivity contribution in [1.82, 2.24) is 0 Å². The number of para-hydroxylation sites is 1. The molecule has 0 saturated carbocycles. The highest BCUT2D eigenvalue weighted by molar-refractivity contribution is 7.80. The summed E-state index contributed by atoms with van der Waals surface area (Å²) in [6.45, 7) is 1.81. The van der Waals surface area contributed by atoms with Crippen molar-refractivity contribution < 1.29 is 36.9 Å². The number of fused-ring (bicyclic) bond motifs is 1. The van der Waals surface area contributed by atoms with Gasteiger partial charge in [0, 0.05) is 21.8 Å². The van der Waals surface area contributed by atoms with Gasteiger partial charge >= 0.3 is 12.3 Å². The number of thiocarbonyl (C=S) groups is 1. The molecule has 0 spiro atoms. The number of ether oxygens (including phenoxy) is 4. The molecule has 0 amide bonds. The molecular weight excluding hydrogens is 471 g/mol. The molecule has 0 aliphatic carbocycles. The zero-order valence-corrected chi connectivity index (χ0v) is 18.6. The summed E-state index contributed by atoms with van der Waals surface area (Å²) in [6, 6.07) is 9.01. The molecule has 2 aromatic rings. The summed E-state index contributed by atoms with van der Waals surface area (Å²) >= 11 is 11.5. The van der Waals surface area contributed by atoms with Crippen molar-refractivity contribution in [2.75, 3.05) is 19.0 Å². The normalized spacial score (nSPS) is 18.2. The fourth-order valence-corrected chi connectivity index (χ4v) is 3.68. The Morgan fingerprint density at radius 3 is 2.66 bits per heavy atom. The minimum absolute atomic E-state index is 0.0190. The predicted octanol–water partition coefficient (Wildman–Crippen LogP) is 5.43. The molecule has 1 aliphatic heterocycles. The predicted molar refractivity (Wildman–Crippen MR) is 115 cm³/mol. The zero-order chi connectivity index (χ0) is 23.5. The lowest BCUT2D eigenvalue weighted by atomic mass is 9.98. The average molecular weight is 490 g/mol. The lowest BCUT2D eigenvalue weighted by molar-refractivity contribution is -0.275. The molecule has 1 heterocycles. The largest absolute Gasteiger partial charge is 0.573 e. The summed E-state index contributed by atoms with van der Waals surface area (Å²) in [4.78, 5) is 12.3. The van der Waals surface area contributed by atoms with E-state index in [1.54, 1.807) is 25.1 Å². The fraction of sp³-hybridized carbons (Fsp3) is 0.333. The third-order valence-corrected chi connectivity index (χ3v) is 5.13. The van der Waals surface area contributed by atoms with Crippen LogP contribution in [0.2, 0.25) is 5.02 Å². The highest BCUT2D eigenvalue weighted by Crippen LogP contribution is 2.45. The monoisotopic (exact) mass is 489 g/mol. The first kappa shape index (κ1) is 24.1. The number of halogens is 4. The van der Waals surface area contributed by atoms with Gasteiger partial charge in [-0.3, -0.25) is 4.79 Å². The second kappa shape index (κ2) is 9.93. The van der Waals surface area contributed by atoms with Crippen LogP contribution in [-0.4, -0.2) is 37.1 Å². The Labute approximate surface area is 192 Å². The first-order valence-corrected chi connectivity index (χ1v) is 10.3. The summed E-state index contributed by atoms with van der Waals surface area (Å²) in [5.41, 5.74) is 0.897. The van der Waals surface area contributed by atoms with Crippen molar-refractivity contribution >= 4 is 40.5 Å². The van der Waals surface area contributed by atoms with Gasteiger partial charge in [0.25, 0.3) is 0 Å². The lowest BCUT2D eigenvalue weighted by Gasteiger charge is -2.25. The molecule has 3 rings (SSSR count). The van der Waals surface area contributed by atoms with E-state index in [0.29, 0.717) is 16.3 Å². The van der Waals surface area contributed by atoms with Crippen LogP contribution in [0.15, 0.2) is 36.4 Å². The maximum Gasteiger partial charge on any atom is 0.573 e. The molecule has 0 radical (unpaired) electrons. The van der Waals surface area contributed by atoms with Gasteiger partial charge in [-0.2, -0.15) is 0 Å². The van der Waals surface area contributed by atoms with Crippen LogP contribution < -0.4 is 14.8 Å². The first-order chi connectivity index (χ1) is 15.1. The third kappa shape index (κ3) is 5.62. The molecule has 0 bridgehead atoms. The molecule has 2 unspecified atom stereocenters. The number of methoxy groups -OCH3 is 1. The van der Waals surface area contributed by atoms with Crippen molar-refractivity contribution in [2.45, 2.75) is 31.9 Å². The number of hydrogen-bond donors (Lipinski definition) is 1. The molecule has 32 heavy (non-hydrogen) atoms. The van der Waals surface area contributed by atoms with E-state index < -0.39 is 30.3 Å². The number of carbonyl (C=O) groups excluding carboxylic acids is 1. The van der Waals surface area contributed by atoms with Crippen molar-refractivity contribution in [2.24, 2.45) is 0 Å². The Morgan fingerprint density at radius 2 is 2.00 bits per heavy atom. The van der Waals surface area contributed by atoms with Gasteiger partial charge in [-0.1, -0.05) is 36.0 Å². The highest BCUT2D eigenvalue weighted by Gasteiger charge is 2.38. The number of benzene rings is 2. The maximum atomic E-state index is 13.2. The molecular formula is C21H19ClF3NO5S. The van der Waals surface area contributed by atoms with Crippen LogP contribution in [0.5, 0.6) is 11.5 Å². The van der Waals surface area contributed by atoms with Crippen molar-refractivity contribution in [3.05, 3.63) is 52.5 Å². The summed E-state index contributed by atoms with van der Waals surface area (Å²) in [6.07, 6.45) is -7.32. The smallest absolute Gasteiger partial charge is 0.493 e. The molecule has 2 aromatic carbocycles. The van der Waals surface area contributed by atoms with E-state index in [1.165, 1.54) is 25.3 Å². The second-order valence-electron chi connectivity index (χ2n) is 6.66. The number of nitrogens with one attached hydrogen (secondary N) is 1.